The minimum Gasteiger partial charge on any atom is -0.444 e. The number of rotatable bonds is 12. The number of amides is 3. The van der Waals surface area contributed by atoms with Crippen molar-refractivity contribution in [2.24, 2.45) is 0 Å². The maximum Gasteiger partial charge on any atom is 0.410 e. The first-order valence-corrected chi connectivity index (χ1v) is 11.3. The van der Waals surface area contributed by atoms with Crippen LogP contribution in [0.25, 0.3) is 0 Å². The molecular weight excluding hydrogens is 370 g/mol. The standard InChI is InChI=1S/C22H43N3O4/c1-6-7-8-9-10-11-12-13-14-15-23-20(26)24-18-16-25(17-19(18)28-5)21(27)29-22(2,3)4/h18-19H,6-17H2,1-5H3,(H2,23,24,26)/t18-,19-/m0/s1. The molecule has 3 amide bonds. The summed E-state index contributed by atoms with van der Waals surface area (Å²) in [5.41, 5.74) is -0.544. The summed E-state index contributed by atoms with van der Waals surface area (Å²) in [7, 11) is 1.60. The van der Waals surface area contributed by atoms with Gasteiger partial charge in [0.05, 0.1) is 18.7 Å². The number of hydrogen-bond donors (Lipinski definition) is 2. The van der Waals surface area contributed by atoms with Crippen molar-refractivity contribution in [1.29, 1.82) is 0 Å². The van der Waals surface area contributed by atoms with Crippen molar-refractivity contribution >= 4 is 12.1 Å². The van der Waals surface area contributed by atoms with Crippen LogP contribution in [0.15, 0.2) is 0 Å². The number of carbonyl (C=O) groups is 2. The van der Waals surface area contributed by atoms with E-state index in [0.29, 0.717) is 19.6 Å². The summed E-state index contributed by atoms with van der Waals surface area (Å²) in [5.74, 6) is 0. The molecule has 2 N–H and O–H groups in total. The maximum absolute atomic E-state index is 12.2. The monoisotopic (exact) mass is 413 g/mol. The molecule has 1 heterocycles. The Morgan fingerprint density at radius 1 is 0.966 bits per heavy atom. The first kappa shape index (κ1) is 25.5. The van der Waals surface area contributed by atoms with Crippen molar-refractivity contribution in [2.45, 2.75) is 103 Å². The molecular formula is C22H43N3O4. The molecule has 0 aromatic carbocycles. The Kier molecular flexibility index (Phi) is 12.0. The molecule has 1 rings (SSSR count). The van der Waals surface area contributed by atoms with Gasteiger partial charge in [0.15, 0.2) is 0 Å². The second kappa shape index (κ2) is 13.7. The van der Waals surface area contributed by atoms with Gasteiger partial charge in [0.1, 0.15) is 5.60 Å². The van der Waals surface area contributed by atoms with E-state index in [0.717, 1.165) is 12.8 Å². The Morgan fingerprint density at radius 3 is 2.10 bits per heavy atom. The second-order valence-corrected chi connectivity index (χ2v) is 8.99. The van der Waals surface area contributed by atoms with Crippen molar-refractivity contribution in [1.82, 2.24) is 15.5 Å². The van der Waals surface area contributed by atoms with Crippen molar-refractivity contribution < 1.29 is 19.1 Å². The lowest BCUT2D eigenvalue weighted by Gasteiger charge is -2.24. The lowest BCUT2D eigenvalue weighted by molar-refractivity contribution is 0.0252. The second-order valence-electron chi connectivity index (χ2n) is 8.99. The van der Waals surface area contributed by atoms with E-state index < -0.39 is 5.60 Å². The molecule has 0 aliphatic carbocycles. The number of nitrogens with one attached hydrogen (secondary N) is 2. The molecule has 2 atom stereocenters. The number of urea groups is 1. The van der Waals surface area contributed by atoms with Crippen LogP contribution in [0, 0.1) is 0 Å². The summed E-state index contributed by atoms with van der Waals surface area (Å²) in [6, 6.07) is -0.446. The summed E-state index contributed by atoms with van der Waals surface area (Å²) in [6.07, 6.45) is 10.7. The molecule has 0 unspecified atom stereocenters. The maximum atomic E-state index is 12.2. The van der Waals surface area contributed by atoms with E-state index in [1.54, 1.807) is 12.0 Å². The van der Waals surface area contributed by atoms with Gasteiger partial charge in [-0.2, -0.15) is 0 Å². The zero-order valence-electron chi connectivity index (χ0n) is 19.2. The smallest absolute Gasteiger partial charge is 0.410 e. The number of hydrogen-bond acceptors (Lipinski definition) is 4. The molecule has 0 bridgehead atoms. The lowest BCUT2D eigenvalue weighted by Crippen LogP contribution is -2.48. The van der Waals surface area contributed by atoms with Gasteiger partial charge in [0.2, 0.25) is 0 Å². The fourth-order valence-corrected chi connectivity index (χ4v) is 3.48. The normalized spacial score (nSPS) is 19.3. The van der Waals surface area contributed by atoms with Crippen LogP contribution in [0.5, 0.6) is 0 Å². The SMILES string of the molecule is CCCCCCCCCCCNC(=O)N[C@H]1CN(C(=O)OC(C)(C)C)C[C@@H]1OC. The average molecular weight is 414 g/mol. The molecule has 29 heavy (non-hydrogen) atoms. The van der Waals surface area contributed by atoms with E-state index in [9.17, 15) is 9.59 Å². The van der Waals surface area contributed by atoms with Crippen molar-refractivity contribution in [3.05, 3.63) is 0 Å². The topological polar surface area (TPSA) is 79.9 Å². The number of nitrogens with zero attached hydrogens (tertiary/aromatic N) is 1. The van der Waals surface area contributed by atoms with E-state index in [4.69, 9.17) is 9.47 Å². The molecule has 1 saturated heterocycles. The predicted molar refractivity (Wildman–Crippen MR) is 116 cm³/mol. The average Bonchev–Trinajstić information content (AvgIpc) is 3.05. The molecule has 1 aliphatic heterocycles. The molecule has 1 fully saturated rings. The van der Waals surface area contributed by atoms with Crippen molar-refractivity contribution in [3.63, 3.8) is 0 Å². The zero-order chi connectivity index (χ0) is 21.7. The first-order chi connectivity index (χ1) is 13.8. The minimum absolute atomic E-state index is 0.206. The van der Waals surface area contributed by atoms with E-state index >= 15 is 0 Å². The highest BCUT2D eigenvalue weighted by Gasteiger charge is 2.38. The van der Waals surface area contributed by atoms with Crippen LogP contribution in [-0.2, 0) is 9.47 Å². The van der Waals surface area contributed by atoms with Gasteiger partial charge in [0, 0.05) is 20.2 Å². The highest BCUT2D eigenvalue weighted by molar-refractivity contribution is 5.75. The van der Waals surface area contributed by atoms with E-state index in [1.807, 2.05) is 20.8 Å². The predicted octanol–water partition coefficient (Wildman–Crippen LogP) is 4.45. The Morgan fingerprint density at radius 2 is 1.55 bits per heavy atom. The quantitative estimate of drug-likeness (QED) is 0.463. The van der Waals surface area contributed by atoms with Crippen LogP contribution in [-0.4, -0.2) is 61.5 Å². The van der Waals surface area contributed by atoms with Gasteiger partial charge in [-0.1, -0.05) is 58.3 Å². The Labute approximate surface area is 177 Å². The third kappa shape index (κ3) is 11.3. The summed E-state index contributed by atoms with van der Waals surface area (Å²) < 4.78 is 10.9. The van der Waals surface area contributed by atoms with Crippen LogP contribution >= 0.6 is 0 Å². The Balaban J connectivity index is 2.18. The van der Waals surface area contributed by atoms with Gasteiger partial charge in [-0.15, -0.1) is 0 Å². The van der Waals surface area contributed by atoms with E-state index in [2.05, 4.69) is 17.6 Å². The van der Waals surface area contributed by atoms with Gasteiger partial charge in [-0.3, -0.25) is 0 Å². The summed E-state index contributed by atoms with van der Waals surface area (Å²) in [6.45, 7) is 9.22. The number of carbonyl (C=O) groups excluding carboxylic acids is 2. The third-order valence-corrected chi connectivity index (χ3v) is 5.10. The van der Waals surface area contributed by atoms with Gasteiger partial charge in [-0.25, -0.2) is 9.59 Å². The van der Waals surface area contributed by atoms with E-state index in [1.165, 1.54) is 44.9 Å². The first-order valence-electron chi connectivity index (χ1n) is 11.3. The van der Waals surface area contributed by atoms with Crippen LogP contribution in [0.2, 0.25) is 0 Å². The van der Waals surface area contributed by atoms with Crippen LogP contribution in [0.1, 0.15) is 85.5 Å². The fraction of sp³-hybridized carbons (Fsp3) is 0.909. The molecule has 0 spiro atoms. The van der Waals surface area contributed by atoms with Crippen molar-refractivity contribution in [2.75, 3.05) is 26.7 Å². The Hall–Kier alpha value is -1.50. The molecule has 0 aromatic rings. The highest BCUT2D eigenvalue weighted by atomic mass is 16.6. The number of unbranched alkanes of at least 4 members (excludes halogenated alkanes) is 8. The summed E-state index contributed by atoms with van der Waals surface area (Å²) >= 11 is 0. The lowest BCUT2D eigenvalue weighted by atomic mass is 10.1. The Bertz CT molecular complexity index is 479. The molecule has 0 radical (unpaired) electrons. The van der Waals surface area contributed by atoms with Gasteiger partial charge in [0.25, 0.3) is 0 Å². The highest BCUT2D eigenvalue weighted by Crippen LogP contribution is 2.17. The molecule has 170 valence electrons. The van der Waals surface area contributed by atoms with E-state index in [-0.39, 0.29) is 24.3 Å². The molecule has 0 aromatic heterocycles. The minimum atomic E-state index is -0.544. The molecule has 7 nitrogen and oxygen atoms in total. The van der Waals surface area contributed by atoms with Gasteiger partial charge in [-0.05, 0) is 27.2 Å². The van der Waals surface area contributed by atoms with Gasteiger partial charge >= 0.3 is 12.1 Å². The summed E-state index contributed by atoms with van der Waals surface area (Å²) in [4.78, 5) is 26.0. The zero-order valence-corrected chi connectivity index (χ0v) is 19.2. The van der Waals surface area contributed by atoms with Crippen LogP contribution in [0.4, 0.5) is 9.59 Å². The number of ether oxygens (including phenoxy) is 2. The number of likely N-dealkylation sites (tertiary alicyclic amines) is 1. The fourth-order valence-electron chi connectivity index (χ4n) is 3.48. The van der Waals surface area contributed by atoms with Crippen LogP contribution < -0.4 is 10.6 Å². The largest absolute Gasteiger partial charge is 0.444 e. The molecule has 0 saturated carbocycles. The third-order valence-electron chi connectivity index (χ3n) is 5.10. The summed E-state index contributed by atoms with van der Waals surface area (Å²) in [5, 5.41) is 5.85. The van der Waals surface area contributed by atoms with Gasteiger partial charge < -0.3 is 25.0 Å². The number of methoxy groups -OCH3 is 1. The molecule has 1 aliphatic rings. The molecule has 7 heteroatoms. The van der Waals surface area contributed by atoms with Crippen molar-refractivity contribution in [3.8, 4) is 0 Å². The van der Waals surface area contributed by atoms with Crippen LogP contribution in [0.3, 0.4) is 0 Å².